The Morgan fingerprint density at radius 2 is 1.76 bits per heavy atom. The van der Waals surface area contributed by atoms with Crippen molar-refractivity contribution in [3.8, 4) is 0 Å². The molecule has 2 rings (SSSR count). The van der Waals surface area contributed by atoms with E-state index in [0.717, 1.165) is 19.3 Å². The minimum Gasteiger partial charge on any atom is -0.354 e. The second kappa shape index (κ2) is 4.50. The maximum atomic E-state index is 13.6. The molecule has 0 amide bonds. The highest BCUT2D eigenvalue weighted by Gasteiger charge is 2.32. The molecule has 0 aliphatic carbocycles. The minimum atomic E-state index is -4.55. The summed E-state index contributed by atoms with van der Waals surface area (Å²) in [7, 11) is 0. The zero-order chi connectivity index (χ0) is 12.5. The summed E-state index contributed by atoms with van der Waals surface area (Å²) in [5.74, 6) is -0.876. The van der Waals surface area contributed by atoms with Gasteiger partial charge in [0, 0.05) is 19.3 Å². The van der Waals surface area contributed by atoms with Crippen LogP contribution in [0.2, 0.25) is 0 Å². The van der Waals surface area contributed by atoms with Crippen LogP contribution in [-0.2, 0) is 6.18 Å². The van der Waals surface area contributed by atoms with Crippen LogP contribution in [0.15, 0.2) is 12.3 Å². The summed E-state index contributed by atoms with van der Waals surface area (Å²) in [6.45, 7) is 1.30. The summed E-state index contributed by atoms with van der Waals surface area (Å²) >= 11 is 0. The lowest BCUT2D eigenvalue weighted by molar-refractivity contribution is -0.138. The van der Waals surface area contributed by atoms with E-state index in [9.17, 15) is 17.6 Å². The van der Waals surface area contributed by atoms with E-state index in [0.29, 0.717) is 25.4 Å². The highest BCUT2D eigenvalue weighted by molar-refractivity contribution is 5.41. The number of rotatable bonds is 1. The highest BCUT2D eigenvalue weighted by atomic mass is 19.4. The molecule has 0 aromatic carbocycles. The van der Waals surface area contributed by atoms with Gasteiger partial charge >= 0.3 is 6.18 Å². The Hall–Kier alpha value is -1.33. The second-order valence-corrected chi connectivity index (χ2v) is 4.07. The van der Waals surface area contributed by atoms with Crippen molar-refractivity contribution >= 4 is 5.82 Å². The first-order valence-electron chi connectivity index (χ1n) is 5.46. The van der Waals surface area contributed by atoms with Crippen molar-refractivity contribution < 1.29 is 17.6 Å². The van der Waals surface area contributed by atoms with Crippen molar-refractivity contribution in [1.29, 1.82) is 0 Å². The molecule has 1 aromatic heterocycles. The first-order valence-corrected chi connectivity index (χ1v) is 5.46. The fourth-order valence-electron chi connectivity index (χ4n) is 1.92. The molecule has 6 heteroatoms. The number of hydrogen-bond acceptors (Lipinski definition) is 2. The van der Waals surface area contributed by atoms with Crippen LogP contribution in [0.3, 0.4) is 0 Å². The van der Waals surface area contributed by atoms with Crippen LogP contribution in [-0.4, -0.2) is 18.1 Å². The fourth-order valence-corrected chi connectivity index (χ4v) is 1.92. The number of pyridine rings is 1. The van der Waals surface area contributed by atoms with Gasteiger partial charge < -0.3 is 4.90 Å². The molecule has 0 N–H and O–H groups in total. The van der Waals surface area contributed by atoms with Crippen molar-refractivity contribution in [2.24, 2.45) is 0 Å². The smallest absolute Gasteiger partial charge is 0.354 e. The molecule has 94 valence electrons. The Balaban J connectivity index is 2.25. The van der Waals surface area contributed by atoms with Crippen molar-refractivity contribution in [3.05, 3.63) is 23.6 Å². The van der Waals surface area contributed by atoms with Gasteiger partial charge in [-0.05, 0) is 25.3 Å². The van der Waals surface area contributed by atoms with E-state index in [-0.39, 0.29) is 5.82 Å². The molecule has 1 aliphatic heterocycles. The maximum Gasteiger partial charge on any atom is 0.417 e. The van der Waals surface area contributed by atoms with Gasteiger partial charge in [0.2, 0.25) is 0 Å². The molecule has 1 fully saturated rings. The first kappa shape index (κ1) is 12.1. The molecule has 0 radical (unpaired) electrons. The number of nitrogens with zero attached hydrogens (tertiary/aromatic N) is 2. The Labute approximate surface area is 96.3 Å². The molecule has 0 bridgehead atoms. The first-order chi connectivity index (χ1) is 7.98. The summed E-state index contributed by atoms with van der Waals surface area (Å²) in [5, 5.41) is 0. The van der Waals surface area contributed by atoms with E-state index < -0.39 is 17.6 Å². The van der Waals surface area contributed by atoms with Crippen LogP contribution in [0.25, 0.3) is 0 Å². The summed E-state index contributed by atoms with van der Waals surface area (Å²) in [5.41, 5.74) is -1.05. The van der Waals surface area contributed by atoms with Crippen LogP contribution in [0.4, 0.5) is 23.4 Å². The molecule has 0 unspecified atom stereocenters. The standard InChI is InChI=1S/C11H12F4N2/c12-9-6-8(11(13,14)15)7-16-10(9)17-4-2-1-3-5-17/h6-7H,1-5H2. The zero-order valence-corrected chi connectivity index (χ0v) is 9.10. The van der Waals surface area contributed by atoms with Gasteiger partial charge in [-0.1, -0.05) is 0 Å². The van der Waals surface area contributed by atoms with E-state index >= 15 is 0 Å². The molecule has 2 nitrogen and oxygen atoms in total. The molecule has 2 heterocycles. The maximum absolute atomic E-state index is 13.6. The van der Waals surface area contributed by atoms with Crippen LogP contribution in [0, 0.1) is 5.82 Å². The second-order valence-electron chi connectivity index (χ2n) is 4.07. The molecule has 1 saturated heterocycles. The van der Waals surface area contributed by atoms with Gasteiger partial charge in [-0.25, -0.2) is 9.37 Å². The molecular weight excluding hydrogens is 236 g/mol. The minimum absolute atomic E-state index is 0.0256. The van der Waals surface area contributed by atoms with Crippen LogP contribution in [0.5, 0.6) is 0 Å². The van der Waals surface area contributed by atoms with E-state index in [1.807, 2.05) is 0 Å². The SMILES string of the molecule is Fc1cc(C(F)(F)F)cnc1N1CCCCC1. The van der Waals surface area contributed by atoms with Gasteiger partial charge in [0.25, 0.3) is 0 Å². The Bertz CT molecular complexity index is 397. The summed E-state index contributed by atoms with van der Waals surface area (Å²) in [4.78, 5) is 5.29. The largest absolute Gasteiger partial charge is 0.417 e. The number of alkyl halides is 3. The Morgan fingerprint density at radius 3 is 2.29 bits per heavy atom. The monoisotopic (exact) mass is 248 g/mol. The normalized spacial score (nSPS) is 17.3. The lowest BCUT2D eigenvalue weighted by Crippen LogP contribution is -2.31. The van der Waals surface area contributed by atoms with Crippen molar-refractivity contribution in [3.63, 3.8) is 0 Å². The Morgan fingerprint density at radius 1 is 1.12 bits per heavy atom. The molecule has 0 spiro atoms. The third kappa shape index (κ3) is 2.68. The van der Waals surface area contributed by atoms with E-state index in [2.05, 4.69) is 4.98 Å². The zero-order valence-electron chi connectivity index (χ0n) is 9.10. The van der Waals surface area contributed by atoms with E-state index in [4.69, 9.17) is 0 Å². The van der Waals surface area contributed by atoms with Crippen molar-refractivity contribution in [2.45, 2.75) is 25.4 Å². The predicted molar refractivity (Wildman–Crippen MR) is 55.3 cm³/mol. The lowest BCUT2D eigenvalue weighted by atomic mass is 10.1. The summed E-state index contributed by atoms with van der Waals surface area (Å²) < 4.78 is 50.5. The van der Waals surface area contributed by atoms with Gasteiger partial charge in [-0.3, -0.25) is 0 Å². The topological polar surface area (TPSA) is 16.1 Å². The Kier molecular flexibility index (Phi) is 3.22. The third-order valence-corrected chi connectivity index (χ3v) is 2.80. The van der Waals surface area contributed by atoms with Crippen molar-refractivity contribution in [2.75, 3.05) is 18.0 Å². The fraction of sp³-hybridized carbons (Fsp3) is 0.545. The summed E-state index contributed by atoms with van der Waals surface area (Å²) in [6, 6.07) is 0.511. The van der Waals surface area contributed by atoms with Crippen LogP contribution in [0.1, 0.15) is 24.8 Å². The molecule has 0 atom stereocenters. The summed E-state index contributed by atoms with van der Waals surface area (Å²) in [6.07, 6.45) is -0.954. The average Bonchev–Trinajstić information content (AvgIpc) is 2.29. The quantitative estimate of drug-likeness (QED) is 0.709. The molecule has 0 saturated carbocycles. The number of anilines is 1. The molecule has 17 heavy (non-hydrogen) atoms. The number of piperidine rings is 1. The van der Waals surface area contributed by atoms with Gasteiger partial charge in [-0.2, -0.15) is 13.2 Å². The van der Waals surface area contributed by atoms with E-state index in [1.54, 1.807) is 4.90 Å². The third-order valence-electron chi connectivity index (χ3n) is 2.80. The van der Waals surface area contributed by atoms with Crippen LogP contribution < -0.4 is 4.90 Å². The molecule has 1 aliphatic rings. The predicted octanol–water partition coefficient (Wildman–Crippen LogP) is 3.23. The van der Waals surface area contributed by atoms with Gasteiger partial charge in [0.15, 0.2) is 11.6 Å². The average molecular weight is 248 g/mol. The molecular formula is C11H12F4N2. The number of aromatic nitrogens is 1. The van der Waals surface area contributed by atoms with Gasteiger partial charge in [0.1, 0.15) is 0 Å². The number of hydrogen-bond donors (Lipinski definition) is 0. The van der Waals surface area contributed by atoms with Crippen LogP contribution >= 0.6 is 0 Å². The molecule has 1 aromatic rings. The number of halogens is 4. The lowest BCUT2D eigenvalue weighted by Gasteiger charge is -2.28. The van der Waals surface area contributed by atoms with Gasteiger partial charge in [0.05, 0.1) is 5.56 Å². The van der Waals surface area contributed by atoms with Crippen molar-refractivity contribution in [1.82, 2.24) is 4.98 Å². The highest BCUT2D eigenvalue weighted by Crippen LogP contribution is 2.31. The van der Waals surface area contributed by atoms with Gasteiger partial charge in [-0.15, -0.1) is 0 Å². The van der Waals surface area contributed by atoms with E-state index in [1.165, 1.54) is 0 Å².